The lowest BCUT2D eigenvalue weighted by atomic mass is 9.96. The van der Waals surface area contributed by atoms with Gasteiger partial charge in [-0.25, -0.2) is 4.39 Å². The number of halogens is 1. The van der Waals surface area contributed by atoms with Crippen molar-refractivity contribution in [2.24, 2.45) is 5.84 Å². The number of nitrogens with one attached hydrogen (secondary N) is 1. The Morgan fingerprint density at radius 3 is 2.85 bits per heavy atom. The molecule has 0 saturated carbocycles. The van der Waals surface area contributed by atoms with Crippen molar-refractivity contribution in [2.75, 3.05) is 19.7 Å². The summed E-state index contributed by atoms with van der Waals surface area (Å²) in [6.45, 7) is 8.69. The van der Waals surface area contributed by atoms with Crippen LogP contribution < -0.4 is 11.3 Å². The highest BCUT2D eigenvalue weighted by Gasteiger charge is 2.30. The van der Waals surface area contributed by atoms with E-state index in [1.54, 1.807) is 6.07 Å². The van der Waals surface area contributed by atoms with Gasteiger partial charge in [-0.05, 0) is 44.0 Å². The van der Waals surface area contributed by atoms with E-state index >= 15 is 0 Å². The van der Waals surface area contributed by atoms with Crippen LogP contribution >= 0.6 is 0 Å². The van der Waals surface area contributed by atoms with Gasteiger partial charge in [0.15, 0.2) is 0 Å². The van der Waals surface area contributed by atoms with E-state index in [-0.39, 0.29) is 18.0 Å². The third-order valence-corrected chi connectivity index (χ3v) is 3.98. The summed E-state index contributed by atoms with van der Waals surface area (Å²) in [4.78, 5) is 2.35. The Morgan fingerprint density at radius 2 is 2.20 bits per heavy atom. The number of nitrogens with two attached hydrogens (primary N) is 1. The van der Waals surface area contributed by atoms with E-state index < -0.39 is 0 Å². The molecule has 1 aromatic rings. The van der Waals surface area contributed by atoms with E-state index in [4.69, 9.17) is 10.6 Å². The van der Waals surface area contributed by atoms with Crippen molar-refractivity contribution >= 4 is 0 Å². The first-order valence-corrected chi connectivity index (χ1v) is 7.10. The molecule has 2 atom stereocenters. The first-order valence-electron chi connectivity index (χ1n) is 7.10. The van der Waals surface area contributed by atoms with Gasteiger partial charge in [0.25, 0.3) is 0 Å². The van der Waals surface area contributed by atoms with E-state index in [2.05, 4.69) is 24.2 Å². The summed E-state index contributed by atoms with van der Waals surface area (Å²) in [7, 11) is 0. The maximum absolute atomic E-state index is 13.5. The summed E-state index contributed by atoms with van der Waals surface area (Å²) in [6, 6.07) is 5.05. The van der Waals surface area contributed by atoms with Gasteiger partial charge in [-0.3, -0.25) is 16.2 Å². The highest BCUT2D eigenvalue weighted by atomic mass is 19.1. The molecule has 4 nitrogen and oxygen atoms in total. The molecule has 2 rings (SSSR count). The average Bonchev–Trinajstić information content (AvgIpc) is 2.44. The molecule has 1 fully saturated rings. The number of benzene rings is 1. The lowest BCUT2D eigenvalue weighted by molar-refractivity contribution is -0.0562. The number of nitrogens with zero attached hydrogens (tertiary/aromatic N) is 1. The van der Waals surface area contributed by atoms with Crippen molar-refractivity contribution in [3.05, 3.63) is 35.1 Å². The van der Waals surface area contributed by atoms with E-state index in [1.165, 1.54) is 12.1 Å². The van der Waals surface area contributed by atoms with Crippen LogP contribution in [0.15, 0.2) is 18.2 Å². The Bertz CT molecular complexity index is 453. The average molecular weight is 281 g/mol. The monoisotopic (exact) mass is 281 g/mol. The lowest BCUT2D eigenvalue weighted by Gasteiger charge is -2.39. The zero-order valence-corrected chi connectivity index (χ0v) is 12.4. The predicted molar refractivity (Wildman–Crippen MR) is 77.7 cm³/mol. The van der Waals surface area contributed by atoms with Crippen LogP contribution in [-0.4, -0.2) is 36.7 Å². The van der Waals surface area contributed by atoms with Crippen LogP contribution in [0.3, 0.4) is 0 Å². The molecule has 5 heteroatoms. The van der Waals surface area contributed by atoms with E-state index in [0.717, 1.165) is 24.2 Å². The predicted octanol–water partition coefficient (Wildman–Crippen LogP) is 1.75. The van der Waals surface area contributed by atoms with Crippen LogP contribution in [0.2, 0.25) is 0 Å². The van der Waals surface area contributed by atoms with Crippen LogP contribution in [0.5, 0.6) is 0 Å². The maximum atomic E-state index is 13.5. The van der Waals surface area contributed by atoms with Crippen LogP contribution in [0, 0.1) is 12.7 Å². The topological polar surface area (TPSA) is 50.5 Å². The van der Waals surface area contributed by atoms with E-state index in [0.29, 0.717) is 12.6 Å². The Labute approximate surface area is 120 Å². The second kappa shape index (κ2) is 6.63. The molecular weight excluding hydrogens is 257 g/mol. The summed E-state index contributed by atoms with van der Waals surface area (Å²) in [5.74, 6) is 5.46. The molecule has 20 heavy (non-hydrogen) atoms. The molecule has 1 aliphatic heterocycles. The lowest BCUT2D eigenvalue weighted by Crippen LogP contribution is -2.51. The Morgan fingerprint density at radius 1 is 1.45 bits per heavy atom. The molecule has 2 unspecified atom stereocenters. The van der Waals surface area contributed by atoms with Crippen LogP contribution in [0.1, 0.15) is 31.0 Å². The maximum Gasteiger partial charge on any atom is 0.123 e. The summed E-state index contributed by atoms with van der Waals surface area (Å²) < 4.78 is 19.4. The summed E-state index contributed by atoms with van der Waals surface area (Å²) in [5, 5.41) is 0. The number of hydrogen-bond donors (Lipinski definition) is 2. The molecular formula is C15H24FN3O. The minimum atomic E-state index is -0.248. The molecule has 1 heterocycles. The van der Waals surface area contributed by atoms with Gasteiger partial charge in [0.1, 0.15) is 5.82 Å². The minimum absolute atomic E-state index is 0.0725. The molecule has 1 aliphatic rings. The number of ether oxygens (including phenoxy) is 1. The molecule has 1 saturated heterocycles. The van der Waals surface area contributed by atoms with Crippen molar-refractivity contribution in [1.82, 2.24) is 10.3 Å². The first-order chi connectivity index (χ1) is 9.52. The molecule has 0 aromatic heterocycles. The van der Waals surface area contributed by atoms with Gasteiger partial charge in [-0.15, -0.1) is 0 Å². The molecule has 0 aliphatic carbocycles. The Hall–Kier alpha value is -1.01. The van der Waals surface area contributed by atoms with Gasteiger partial charge in [0, 0.05) is 19.1 Å². The normalized spacial score (nSPS) is 22.2. The molecule has 3 N–H and O–H groups in total. The number of hydrogen-bond acceptors (Lipinski definition) is 4. The zero-order valence-electron chi connectivity index (χ0n) is 12.4. The fourth-order valence-electron chi connectivity index (χ4n) is 2.71. The minimum Gasteiger partial charge on any atom is -0.374 e. The van der Waals surface area contributed by atoms with Crippen molar-refractivity contribution in [1.29, 1.82) is 0 Å². The third-order valence-electron chi connectivity index (χ3n) is 3.98. The highest BCUT2D eigenvalue weighted by Crippen LogP contribution is 2.26. The fraction of sp³-hybridized carbons (Fsp3) is 0.600. The highest BCUT2D eigenvalue weighted by molar-refractivity contribution is 5.30. The molecule has 0 radical (unpaired) electrons. The number of aryl methyl sites for hydroxylation is 1. The summed E-state index contributed by atoms with van der Waals surface area (Å²) in [6.07, 6.45) is -0.0725. The van der Waals surface area contributed by atoms with Crippen LogP contribution in [0.4, 0.5) is 4.39 Å². The van der Waals surface area contributed by atoms with Gasteiger partial charge in [-0.1, -0.05) is 6.07 Å². The molecule has 112 valence electrons. The SMILES string of the molecule is Cc1ccc(F)cc1C(NN)C1CN(C(C)C)CCO1. The van der Waals surface area contributed by atoms with Gasteiger partial charge in [0.05, 0.1) is 18.8 Å². The molecule has 0 spiro atoms. The summed E-state index contributed by atoms with van der Waals surface area (Å²) >= 11 is 0. The van der Waals surface area contributed by atoms with Crippen LogP contribution in [-0.2, 0) is 4.74 Å². The van der Waals surface area contributed by atoms with Crippen molar-refractivity contribution in [3.63, 3.8) is 0 Å². The van der Waals surface area contributed by atoms with E-state index in [9.17, 15) is 4.39 Å². The second-order valence-corrected chi connectivity index (χ2v) is 5.64. The number of rotatable bonds is 4. The standard InChI is InChI=1S/C15H24FN3O/c1-10(2)19-6-7-20-14(9-19)15(18-17)13-8-12(16)5-4-11(13)3/h4-5,8,10,14-15,18H,6-7,9,17H2,1-3H3. The Balaban J connectivity index is 2.21. The largest absolute Gasteiger partial charge is 0.374 e. The third kappa shape index (κ3) is 3.35. The molecule has 0 bridgehead atoms. The smallest absolute Gasteiger partial charge is 0.123 e. The zero-order chi connectivity index (χ0) is 14.7. The van der Waals surface area contributed by atoms with Crippen molar-refractivity contribution in [3.8, 4) is 0 Å². The fourth-order valence-corrected chi connectivity index (χ4v) is 2.71. The van der Waals surface area contributed by atoms with Gasteiger partial charge in [0.2, 0.25) is 0 Å². The van der Waals surface area contributed by atoms with Gasteiger partial charge >= 0.3 is 0 Å². The molecule has 0 amide bonds. The Kier molecular flexibility index (Phi) is 5.10. The van der Waals surface area contributed by atoms with Crippen molar-refractivity contribution in [2.45, 2.75) is 39.0 Å². The van der Waals surface area contributed by atoms with E-state index in [1.807, 2.05) is 6.92 Å². The second-order valence-electron chi connectivity index (χ2n) is 5.64. The first kappa shape index (κ1) is 15.4. The summed E-state index contributed by atoms with van der Waals surface area (Å²) in [5.41, 5.74) is 4.67. The van der Waals surface area contributed by atoms with Crippen LogP contribution in [0.25, 0.3) is 0 Å². The molecule has 1 aromatic carbocycles. The number of morpholine rings is 1. The van der Waals surface area contributed by atoms with Crippen molar-refractivity contribution < 1.29 is 9.13 Å². The van der Waals surface area contributed by atoms with Gasteiger partial charge in [-0.2, -0.15) is 0 Å². The number of hydrazine groups is 1. The van der Waals surface area contributed by atoms with Gasteiger partial charge < -0.3 is 4.74 Å². The quantitative estimate of drug-likeness (QED) is 0.652.